The molecule has 162 valence electrons. The molecule has 7 heteroatoms. The number of benzene rings is 1. The predicted octanol–water partition coefficient (Wildman–Crippen LogP) is 5.34. The third-order valence-corrected chi connectivity index (χ3v) is 5.19. The zero-order chi connectivity index (χ0) is 22.1. The van der Waals surface area contributed by atoms with Crippen LogP contribution >= 0.6 is 11.6 Å². The summed E-state index contributed by atoms with van der Waals surface area (Å²) in [6.07, 6.45) is 7.39. The maximum absolute atomic E-state index is 9.17. The molecule has 2 aromatic heterocycles. The van der Waals surface area contributed by atoms with E-state index in [0.717, 1.165) is 54.4 Å². The molecule has 1 unspecified atom stereocenters. The number of piperidine rings is 1. The lowest BCUT2D eigenvalue weighted by molar-refractivity contribution is -0.107. The van der Waals surface area contributed by atoms with Gasteiger partial charge in [0.2, 0.25) is 0 Å². The number of likely N-dealkylation sites (N-methyl/N-ethyl adjacent to an activating group) is 1. The lowest BCUT2D eigenvalue weighted by atomic mass is 9.97. The molecule has 1 aromatic carbocycles. The molecule has 0 radical (unpaired) electrons. The Hall–Kier alpha value is -2.83. The molecule has 4 rings (SSSR count). The number of nitrogens with zero attached hydrogens (tertiary/aromatic N) is 4. The Morgan fingerprint density at radius 2 is 2.06 bits per heavy atom. The Balaban J connectivity index is 0.000000628. The van der Waals surface area contributed by atoms with Crippen LogP contribution in [0.2, 0.25) is 5.02 Å². The Morgan fingerprint density at radius 3 is 2.74 bits per heavy atom. The van der Waals surface area contributed by atoms with Gasteiger partial charge in [-0.2, -0.15) is 0 Å². The fraction of sp³-hybridized carbons (Fsp3) is 0.333. The van der Waals surface area contributed by atoms with E-state index in [1.807, 2.05) is 55.6 Å². The second-order valence-corrected chi connectivity index (χ2v) is 7.99. The smallest absolute Gasteiger partial charge is 0.135 e. The van der Waals surface area contributed by atoms with E-state index >= 15 is 0 Å². The van der Waals surface area contributed by atoms with Crippen molar-refractivity contribution in [2.24, 2.45) is 0 Å². The number of carbonyl (C=O) groups excluding carboxylic acids is 1. The zero-order valence-corrected chi connectivity index (χ0v) is 18.7. The Morgan fingerprint density at radius 1 is 1.23 bits per heavy atom. The molecule has 0 saturated carbocycles. The van der Waals surface area contributed by atoms with E-state index in [1.54, 1.807) is 6.20 Å². The summed E-state index contributed by atoms with van der Waals surface area (Å²) < 4.78 is 0. The van der Waals surface area contributed by atoms with Gasteiger partial charge >= 0.3 is 0 Å². The molecule has 0 aliphatic carbocycles. The van der Waals surface area contributed by atoms with Crippen LogP contribution in [-0.2, 0) is 4.79 Å². The van der Waals surface area contributed by atoms with Crippen LogP contribution < -0.4 is 5.32 Å². The number of likely N-dealkylation sites (tertiary alicyclic amines) is 1. The van der Waals surface area contributed by atoms with Gasteiger partial charge in [0.05, 0.1) is 5.69 Å². The van der Waals surface area contributed by atoms with E-state index in [0.29, 0.717) is 17.4 Å². The van der Waals surface area contributed by atoms with E-state index in [1.165, 1.54) is 6.42 Å². The molecule has 31 heavy (non-hydrogen) atoms. The number of aldehydes is 1. The number of hydrogen-bond donors (Lipinski definition) is 1. The number of carbonyl (C=O) groups is 1. The number of hydrogen-bond acceptors (Lipinski definition) is 6. The summed E-state index contributed by atoms with van der Waals surface area (Å²) in [7, 11) is 2.16. The Labute approximate surface area is 188 Å². The van der Waals surface area contributed by atoms with E-state index < -0.39 is 0 Å². The van der Waals surface area contributed by atoms with Crippen LogP contribution in [0.3, 0.4) is 0 Å². The SMILES string of the molecule is CCC=O.CN1CCCC(c2nc(Nc3cccc(Cl)c3)cc(-c3cccnc3)n2)C1. The van der Waals surface area contributed by atoms with Crippen molar-refractivity contribution in [2.75, 3.05) is 25.5 Å². The highest BCUT2D eigenvalue weighted by Crippen LogP contribution is 2.29. The number of nitrogens with one attached hydrogen (secondary N) is 1. The van der Waals surface area contributed by atoms with Crippen molar-refractivity contribution in [1.29, 1.82) is 0 Å². The fourth-order valence-electron chi connectivity index (χ4n) is 3.47. The van der Waals surface area contributed by atoms with Crippen LogP contribution in [0.15, 0.2) is 54.9 Å². The topological polar surface area (TPSA) is 71.0 Å². The summed E-state index contributed by atoms with van der Waals surface area (Å²) >= 11 is 6.12. The summed E-state index contributed by atoms with van der Waals surface area (Å²) in [4.78, 5) is 25.5. The highest BCUT2D eigenvalue weighted by atomic mass is 35.5. The van der Waals surface area contributed by atoms with Gasteiger partial charge in [-0.05, 0) is 56.8 Å². The number of anilines is 2. The first kappa shape index (κ1) is 22.8. The summed E-state index contributed by atoms with van der Waals surface area (Å²) in [6, 6.07) is 13.6. The second kappa shape index (κ2) is 11.5. The fourth-order valence-corrected chi connectivity index (χ4v) is 3.66. The Bertz CT molecular complexity index is 983. The number of rotatable bonds is 5. The van der Waals surface area contributed by atoms with Gasteiger partial charge < -0.3 is 15.0 Å². The van der Waals surface area contributed by atoms with Crippen LogP contribution in [0.5, 0.6) is 0 Å². The highest BCUT2D eigenvalue weighted by Gasteiger charge is 2.22. The molecule has 1 aliphatic heterocycles. The summed E-state index contributed by atoms with van der Waals surface area (Å²) in [6.45, 7) is 3.92. The van der Waals surface area contributed by atoms with Crippen LogP contribution in [0.4, 0.5) is 11.5 Å². The van der Waals surface area contributed by atoms with Gasteiger partial charge in [0.15, 0.2) is 0 Å². The van der Waals surface area contributed by atoms with Gasteiger partial charge in [-0.3, -0.25) is 4.98 Å². The molecule has 6 nitrogen and oxygen atoms in total. The highest BCUT2D eigenvalue weighted by molar-refractivity contribution is 6.30. The van der Waals surface area contributed by atoms with Gasteiger partial charge in [0.25, 0.3) is 0 Å². The molecule has 0 bridgehead atoms. The molecule has 0 spiro atoms. The van der Waals surface area contributed by atoms with Crippen molar-refractivity contribution in [3.8, 4) is 11.3 Å². The second-order valence-electron chi connectivity index (χ2n) is 7.55. The van der Waals surface area contributed by atoms with E-state index in [-0.39, 0.29) is 0 Å². The minimum Gasteiger partial charge on any atom is -0.340 e. The van der Waals surface area contributed by atoms with Crippen molar-refractivity contribution in [1.82, 2.24) is 19.9 Å². The van der Waals surface area contributed by atoms with Gasteiger partial charge in [-0.1, -0.05) is 24.6 Å². The summed E-state index contributed by atoms with van der Waals surface area (Å²) in [5.41, 5.74) is 2.77. The third kappa shape index (κ3) is 6.84. The van der Waals surface area contributed by atoms with Crippen LogP contribution in [0.25, 0.3) is 11.3 Å². The van der Waals surface area contributed by atoms with Gasteiger partial charge in [0, 0.05) is 53.6 Å². The first-order chi connectivity index (χ1) is 15.1. The maximum atomic E-state index is 9.17. The van der Waals surface area contributed by atoms with Gasteiger partial charge in [-0.15, -0.1) is 0 Å². The van der Waals surface area contributed by atoms with Crippen LogP contribution in [0.1, 0.15) is 37.9 Å². The van der Waals surface area contributed by atoms with E-state index in [2.05, 4.69) is 22.2 Å². The number of halogens is 1. The molecule has 3 aromatic rings. The molecule has 3 heterocycles. The molecule has 1 aliphatic rings. The largest absolute Gasteiger partial charge is 0.340 e. The quantitative estimate of drug-likeness (QED) is 0.543. The third-order valence-electron chi connectivity index (χ3n) is 4.95. The standard InChI is InChI=1S/C21H22ClN5.C3H6O/c1-27-10-4-6-16(14-27)21-25-19(15-5-3-9-23-13-15)12-20(26-21)24-18-8-2-7-17(22)11-18;1-2-3-4/h2-3,5,7-9,11-13,16H,4,6,10,14H2,1H3,(H,24,25,26);3H,2H2,1H3. The van der Waals surface area contributed by atoms with Gasteiger partial charge in [0.1, 0.15) is 17.9 Å². The van der Waals surface area contributed by atoms with Gasteiger partial charge in [-0.25, -0.2) is 9.97 Å². The molecular formula is C24H28ClN5O. The molecule has 1 N–H and O–H groups in total. The normalized spacial score (nSPS) is 16.2. The lowest BCUT2D eigenvalue weighted by Gasteiger charge is -2.29. The monoisotopic (exact) mass is 437 g/mol. The zero-order valence-electron chi connectivity index (χ0n) is 18.0. The summed E-state index contributed by atoms with van der Waals surface area (Å²) in [5, 5.41) is 4.07. The summed E-state index contributed by atoms with van der Waals surface area (Å²) in [5.74, 6) is 1.99. The predicted molar refractivity (Wildman–Crippen MR) is 126 cm³/mol. The number of pyridine rings is 1. The van der Waals surface area contributed by atoms with Crippen LogP contribution in [-0.4, -0.2) is 46.3 Å². The molecule has 1 saturated heterocycles. The minimum absolute atomic E-state index is 0.334. The minimum atomic E-state index is 0.334. The first-order valence-corrected chi connectivity index (χ1v) is 10.9. The Kier molecular flexibility index (Phi) is 8.50. The van der Waals surface area contributed by atoms with Crippen molar-refractivity contribution >= 4 is 29.4 Å². The molecule has 1 atom stereocenters. The van der Waals surface area contributed by atoms with Crippen molar-refractivity contribution in [3.05, 3.63) is 65.7 Å². The van der Waals surface area contributed by atoms with E-state index in [4.69, 9.17) is 21.6 Å². The first-order valence-electron chi connectivity index (χ1n) is 10.5. The lowest BCUT2D eigenvalue weighted by Crippen LogP contribution is -2.31. The molecular weight excluding hydrogens is 410 g/mol. The van der Waals surface area contributed by atoms with Crippen LogP contribution in [0, 0.1) is 0 Å². The number of aromatic nitrogens is 3. The van der Waals surface area contributed by atoms with Crippen molar-refractivity contribution in [2.45, 2.75) is 32.1 Å². The van der Waals surface area contributed by atoms with Crippen molar-refractivity contribution < 1.29 is 4.79 Å². The van der Waals surface area contributed by atoms with Crippen molar-refractivity contribution in [3.63, 3.8) is 0 Å². The average molecular weight is 438 g/mol. The van der Waals surface area contributed by atoms with E-state index in [9.17, 15) is 4.79 Å². The maximum Gasteiger partial charge on any atom is 0.135 e. The average Bonchev–Trinajstić information content (AvgIpc) is 2.80. The molecule has 1 fully saturated rings. The molecule has 0 amide bonds.